The molecule has 3 nitrogen and oxygen atoms in total. The van der Waals surface area contributed by atoms with Crippen molar-refractivity contribution in [3.05, 3.63) is 29.8 Å². The molecule has 0 aliphatic carbocycles. The molecule has 0 spiro atoms. The molecule has 94 valence electrons. The minimum atomic E-state index is -0.126. The van der Waals surface area contributed by atoms with Crippen molar-refractivity contribution in [1.29, 1.82) is 0 Å². The van der Waals surface area contributed by atoms with E-state index in [-0.39, 0.29) is 5.60 Å². The second kappa shape index (κ2) is 5.98. The first-order valence-electron chi connectivity index (χ1n) is 5.55. The van der Waals surface area contributed by atoms with E-state index in [2.05, 4.69) is 0 Å². The van der Waals surface area contributed by atoms with Gasteiger partial charge in [-0.25, -0.2) is 0 Å². The summed E-state index contributed by atoms with van der Waals surface area (Å²) in [5.74, 6) is 0.794. The second-order valence-electron chi connectivity index (χ2n) is 4.70. The van der Waals surface area contributed by atoms with Crippen LogP contribution in [0.2, 0.25) is 0 Å². The topological polar surface area (TPSA) is 44.5 Å². The molecule has 0 aliphatic heterocycles. The van der Waals surface area contributed by atoms with E-state index in [1.807, 2.05) is 45.0 Å². The van der Waals surface area contributed by atoms with Crippen molar-refractivity contribution in [2.75, 3.05) is 13.2 Å². The molecule has 0 atom stereocenters. The highest BCUT2D eigenvalue weighted by Crippen LogP contribution is 2.12. The average molecular weight is 253 g/mol. The molecule has 0 aromatic heterocycles. The van der Waals surface area contributed by atoms with Crippen molar-refractivity contribution < 1.29 is 9.47 Å². The van der Waals surface area contributed by atoms with Crippen LogP contribution in [0.25, 0.3) is 0 Å². The summed E-state index contributed by atoms with van der Waals surface area (Å²) in [6.07, 6.45) is 0. The van der Waals surface area contributed by atoms with Gasteiger partial charge in [0, 0.05) is 5.56 Å². The molecule has 4 heteroatoms. The van der Waals surface area contributed by atoms with E-state index in [1.165, 1.54) is 0 Å². The number of hydrogen-bond acceptors (Lipinski definition) is 3. The van der Waals surface area contributed by atoms with Crippen LogP contribution in [0, 0.1) is 0 Å². The number of thiocarbonyl (C=S) groups is 1. The van der Waals surface area contributed by atoms with Gasteiger partial charge in [0.1, 0.15) is 17.3 Å². The number of nitrogens with two attached hydrogens (primary N) is 1. The van der Waals surface area contributed by atoms with Crippen LogP contribution in [0.1, 0.15) is 26.3 Å². The molecular formula is C13H19NO2S. The van der Waals surface area contributed by atoms with E-state index in [1.54, 1.807) is 0 Å². The van der Waals surface area contributed by atoms with Crippen molar-refractivity contribution >= 4 is 17.2 Å². The highest BCUT2D eigenvalue weighted by Gasteiger charge is 2.09. The monoisotopic (exact) mass is 253 g/mol. The molecule has 1 rings (SSSR count). The molecule has 0 saturated heterocycles. The Labute approximate surface area is 108 Å². The molecule has 1 aromatic carbocycles. The van der Waals surface area contributed by atoms with E-state index in [9.17, 15) is 0 Å². The smallest absolute Gasteiger partial charge is 0.119 e. The summed E-state index contributed by atoms with van der Waals surface area (Å²) in [6.45, 7) is 7.15. The van der Waals surface area contributed by atoms with Crippen LogP contribution in [0.3, 0.4) is 0 Å². The highest BCUT2D eigenvalue weighted by molar-refractivity contribution is 7.80. The Bertz CT molecular complexity index is 368. The quantitative estimate of drug-likeness (QED) is 0.647. The lowest BCUT2D eigenvalue weighted by Crippen LogP contribution is -2.22. The maximum absolute atomic E-state index is 5.55. The largest absolute Gasteiger partial charge is 0.491 e. The van der Waals surface area contributed by atoms with Crippen LogP contribution in [-0.4, -0.2) is 23.8 Å². The lowest BCUT2D eigenvalue weighted by Gasteiger charge is -2.19. The lowest BCUT2D eigenvalue weighted by atomic mass is 10.2. The van der Waals surface area contributed by atoms with E-state index in [0.717, 1.165) is 11.3 Å². The minimum absolute atomic E-state index is 0.126. The Balaban J connectivity index is 2.35. The molecule has 0 unspecified atom stereocenters. The Kier molecular flexibility index (Phi) is 4.90. The third-order valence-corrected chi connectivity index (χ3v) is 2.26. The Morgan fingerprint density at radius 1 is 1.18 bits per heavy atom. The van der Waals surface area contributed by atoms with Gasteiger partial charge >= 0.3 is 0 Å². The van der Waals surface area contributed by atoms with Crippen molar-refractivity contribution in [3.63, 3.8) is 0 Å². The summed E-state index contributed by atoms with van der Waals surface area (Å²) >= 11 is 4.87. The summed E-state index contributed by atoms with van der Waals surface area (Å²) in [7, 11) is 0. The van der Waals surface area contributed by atoms with Gasteiger partial charge in [-0.15, -0.1) is 0 Å². The number of ether oxygens (including phenoxy) is 2. The van der Waals surface area contributed by atoms with Gasteiger partial charge in [0.2, 0.25) is 0 Å². The Morgan fingerprint density at radius 3 is 2.24 bits per heavy atom. The summed E-state index contributed by atoms with van der Waals surface area (Å²) in [6, 6.07) is 7.40. The van der Waals surface area contributed by atoms with Gasteiger partial charge < -0.3 is 15.2 Å². The molecule has 17 heavy (non-hydrogen) atoms. The zero-order valence-corrected chi connectivity index (χ0v) is 11.3. The molecule has 1 aromatic rings. The normalized spacial score (nSPS) is 11.2. The van der Waals surface area contributed by atoms with Crippen LogP contribution in [-0.2, 0) is 4.74 Å². The molecule has 0 amide bonds. The summed E-state index contributed by atoms with van der Waals surface area (Å²) in [5, 5.41) is 0. The lowest BCUT2D eigenvalue weighted by molar-refractivity contribution is -0.0163. The third-order valence-electron chi connectivity index (χ3n) is 2.03. The number of rotatable bonds is 5. The zero-order chi connectivity index (χ0) is 12.9. The average Bonchev–Trinajstić information content (AvgIpc) is 2.24. The first-order valence-corrected chi connectivity index (χ1v) is 5.96. The van der Waals surface area contributed by atoms with Gasteiger partial charge in [0.05, 0.1) is 12.2 Å². The zero-order valence-electron chi connectivity index (χ0n) is 10.5. The molecule has 0 aliphatic rings. The second-order valence-corrected chi connectivity index (χ2v) is 5.14. The van der Waals surface area contributed by atoms with Crippen molar-refractivity contribution in [2.45, 2.75) is 26.4 Å². The summed E-state index contributed by atoms with van der Waals surface area (Å²) in [5.41, 5.74) is 6.22. The summed E-state index contributed by atoms with van der Waals surface area (Å²) in [4.78, 5) is 0.396. The number of benzene rings is 1. The van der Waals surface area contributed by atoms with E-state index >= 15 is 0 Å². The molecule has 0 radical (unpaired) electrons. The van der Waals surface area contributed by atoms with Crippen LogP contribution in [0.15, 0.2) is 24.3 Å². The fraction of sp³-hybridized carbons (Fsp3) is 0.462. The van der Waals surface area contributed by atoms with E-state index < -0.39 is 0 Å². The fourth-order valence-electron chi connectivity index (χ4n) is 1.22. The van der Waals surface area contributed by atoms with E-state index in [0.29, 0.717) is 18.2 Å². The van der Waals surface area contributed by atoms with Crippen LogP contribution >= 0.6 is 12.2 Å². The first kappa shape index (κ1) is 13.9. The maximum Gasteiger partial charge on any atom is 0.119 e. The fourth-order valence-corrected chi connectivity index (χ4v) is 1.36. The first-order chi connectivity index (χ1) is 7.88. The SMILES string of the molecule is CC(C)(C)OCCOc1ccc(C(N)=S)cc1. The molecule has 0 bridgehead atoms. The van der Waals surface area contributed by atoms with Crippen molar-refractivity contribution in [1.82, 2.24) is 0 Å². The summed E-state index contributed by atoms with van der Waals surface area (Å²) < 4.78 is 11.1. The predicted octanol–water partition coefficient (Wildman–Crippen LogP) is 2.51. The van der Waals surface area contributed by atoms with Gasteiger partial charge in [-0.1, -0.05) is 12.2 Å². The molecular weight excluding hydrogens is 234 g/mol. The van der Waals surface area contributed by atoms with Gasteiger partial charge in [0.25, 0.3) is 0 Å². The number of hydrogen-bond donors (Lipinski definition) is 1. The van der Waals surface area contributed by atoms with Gasteiger partial charge in [-0.05, 0) is 45.0 Å². The Hall–Kier alpha value is -1.13. The van der Waals surface area contributed by atoms with Crippen molar-refractivity contribution in [2.24, 2.45) is 5.73 Å². The predicted molar refractivity (Wildman–Crippen MR) is 73.5 cm³/mol. The van der Waals surface area contributed by atoms with Gasteiger partial charge in [-0.2, -0.15) is 0 Å². The minimum Gasteiger partial charge on any atom is -0.491 e. The highest BCUT2D eigenvalue weighted by atomic mass is 32.1. The van der Waals surface area contributed by atoms with Gasteiger partial charge in [0.15, 0.2) is 0 Å². The van der Waals surface area contributed by atoms with Crippen LogP contribution < -0.4 is 10.5 Å². The molecule has 2 N–H and O–H groups in total. The third kappa shape index (κ3) is 5.65. The molecule has 0 fully saturated rings. The molecule has 0 saturated carbocycles. The van der Waals surface area contributed by atoms with Gasteiger partial charge in [-0.3, -0.25) is 0 Å². The molecule has 0 heterocycles. The maximum atomic E-state index is 5.55. The van der Waals surface area contributed by atoms with E-state index in [4.69, 9.17) is 27.4 Å². The standard InChI is InChI=1S/C13H19NO2S/c1-13(2,3)16-9-8-15-11-6-4-10(5-7-11)12(14)17/h4-7H,8-9H2,1-3H3,(H2,14,17). The van der Waals surface area contributed by atoms with Crippen LogP contribution in [0.5, 0.6) is 5.75 Å². The Morgan fingerprint density at radius 2 is 1.76 bits per heavy atom. The van der Waals surface area contributed by atoms with Crippen molar-refractivity contribution in [3.8, 4) is 5.75 Å². The van der Waals surface area contributed by atoms with Crippen LogP contribution in [0.4, 0.5) is 0 Å².